The van der Waals surface area contributed by atoms with Gasteiger partial charge in [-0.15, -0.1) is 0 Å². The third-order valence-electron chi connectivity index (χ3n) is 7.75. The van der Waals surface area contributed by atoms with Gasteiger partial charge in [0.25, 0.3) is 0 Å². The molecule has 2 aromatic carbocycles. The summed E-state index contributed by atoms with van der Waals surface area (Å²) >= 11 is 0.775. The number of benzene rings is 2. The topological polar surface area (TPSA) is 152 Å². The van der Waals surface area contributed by atoms with Crippen molar-refractivity contribution >= 4 is 40.0 Å². The molecular weight excluding hydrogens is 672 g/mol. The van der Waals surface area contributed by atoms with E-state index >= 15 is 8.78 Å². The number of amides is 2. The van der Waals surface area contributed by atoms with Gasteiger partial charge in [-0.05, 0) is 45.6 Å². The van der Waals surface area contributed by atoms with Crippen LogP contribution >= 0.6 is 11.3 Å². The molecule has 0 radical (unpaired) electrons. The second-order valence-corrected chi connectivity index (χ2v) is 13.7. The van der Waals surface area contributed by atoms with Crippen molar-refractivity contribution in [3.8, 4) is 16.3 Å². The number of alkyl carbamates (subject to hydrolysis) is 1. The highest BCUT2D eigenvalue weighted by Gasteiger charge is 2.29. The summed E-state index contributed by atoms with van der Waals surface area (Å²) in [6, 6.07) is 11.4. The third kappa shape index (κ3) is 9.18. The van der Waals surface area contributed by atoms with Gasteiger partial charge in [-0.2, -0.15) is 5.10 Å². The van der Waals surface area contributed by atoms with Crippen molar-refractivity contribution < 1.29 is 37.7 Å². The van der Waals surface area contributed by atoms with Crippen molar-refractivity contribution in [1.29, 1.82) is 0 Å². The molecule has 268 valence electrons. The summed E-state index contributed by atoms with van der Waals surface area (Å²) in [6.45, 7) is 6.45. The van der Waals surface area contributed by atoms with Crippen molar-refractivity contribution in [1.82, 2.24) is 20.1 Å². The number of thiazole rings is 1. The van der Waals surface area contributed by atoms with Crippen LogP contribution in [0.2, 0.25) is 0 Å². The zero-order valence-corrected chi connectivity index (χ0v) is 29.3. The molecule has 0 bridgehead atoms. The molecule has 5 rings (SSSR count). The molecular formula is C34H41F2N7O6S. The van der Waals surface area contributed by atoms with Gasteiger partial charge in [-0.3, -0.25) is 10.00 Å². The van der Waals surface area contributed by atoms with Crippen molar-refractivity contribution in [2.24, 2.45) is 7.05 Å². The van der Waals surface area contributed by atoms with Crippen LogP contribution in [0.15, 0.2) is 48.7 Å². The highest BCUT2D eigenvalue weighted by atomic mass is 32.1. The van der Waals surface area contributed by atoms with Gasteiger partial charge in [0.2, 0.25) is 0 Å². The number of anilines is 3. The number of carbonyl (C=O) groups is 2. The molecule has 0 aliphatic carbocycles. The van der Waals surface area contributed by atoms with Crippen LogP contribution in [0.1, 0.15) is 57.5 Å². The van der Waals surface area contributed by atoms with Gasteiger partial charge in [-0.1, -0.05) is 41.7 Å². The zero-order valence-electron chi connectivity index (χ0n) is 28.5. The summed E-state index contributed by atoms with van der Waals surface area (Å²) in [5.74, 6) is -1.21. The summed E-state index contributed by atoms with van der Waals surface area (Å²) < 4.78 is 47.5. The SMILES string of the molecule is COc1cc(F)c(-c2nc(C(O)Nc3cnn(C)c3N3CCC[C@@H](NC(=O)OCc4ccccc4)CC3)c(NC(=O)OC(C)(C)C)s2)c(F)c1. The fraction of sp³-hybridized carbons (Fsp3) is 0.412. The smallest absolute Gasteiger partial charge is 0.412 e. The maximum Gasteiger partial charge on any atom is 0.412 e. The molecule has 2 aromatic heterocycles. The second-order valence-electron chi connectivity index (χ2n) is 12.7. The Morgan fingerprint density at radius 1 is 1.10 bits per heavy atom. The number of aliphatic hydroxyl groups is 1. The van der Waals surface area contributed by atoms with Crippen LogP contribution in [0, 0.1) is 11.6 Å². The number of methoxy groups -OCH3 is 1. The third-order valence-corrected chi connectivity index (χ3v) is 8.76. The molecule has 0 saturated carbocycles. The van der Waals surface area contributed by atoms with E-state index in [9.17, 15) is 14.7 Å². The number of aryl methyl sites for hydroxylation is 1. The van der Waals surface area contributed by atoms with Crippen LogP contribution in [0.25, 0.3) is 10.6 Å². The molecule has 1 saturated heterocycles. The molecule has 0 spiro atoms. The van der Waals surface area contributed by atoms with Crippen molar-refractivity contribution in [2.45, 2.75) is 64.5 Å². The molecule has 4 N–H and O–H groups in total. The molecule has 1 aliphatic heterocycles. The predicted molar refractivity (Wildman–Crippen MR) is 185 cm³/mol. The fourth-order valence-electron chi connectivity index (χ4n) is 5.49. The first kappa shape index (κ1) is 36.3. The summed E-state index contributed by atoms with van der Waals surface area (Å²) in [5.41, 5.74) is -0.0184. The standard InChI is InChI=1S/C34H41F2N7O6S/c1-34(2,3)49-33(46)41-30-27(40-29(50-30)26-23(35)16-22(47-5)17-24(26)36)28(44)39-25-18-37-42(4)31(25)43-14-9-12-21(13-15-43)38-32(45)48-19-20-10-7-6-8-11-20/h6-8,10-11,16-18,21,28,39,44H,9,12-15,19H2,1-5H3,(H,38,45)(H,41,46)/t21-,28?/m1/s1. The number of carbonyl (C=O) groups excluding carboxylic acids is 2. The number of nitrogens with zero attached hydrogens (tertiary/aromatic N) is 4. The van der Waals surface area contributed by atoms with E-state index in [0.29, 0.717) is 31.0 Å². The molecule has 1 aliphatic rings. The van der Waals surface area contributed by atoms with Crippen molar-refractivity contribution in [2.75, 3.05) is 35.7 Å². The van der Waals surface area contributed by atoms with Gasteiger partial charge in [0, 0.05) is 38.3 Å². The summed E-state index contributed by atoms with van der Waals surface area (Å²) in [5, 5.41) is 24.3. The average Bonchev–Trinajstić information content (AvgIpc) is 3.54. The molecule has 2 atom stereocenters. The predicted octanol–water partition coefficient (Wildman–Crippen LogP) is 6.57. The van der Waals surface area contributed by atoms with Crippen LogP contribution in [-0.4, -0.2) is 63.9 Å². The lowest BCUT2D eigenvalue weighted by atomic mass is 10.1. The second kappa shape index (κ2) is 15.7. The maximum absolute atomic E-state index is 15.1. The molecule has 16 heteroatoms. The molecule has 1 unspecified atom stereocenters. The highest BCUT2D eigenvalue weighted by Crippen LogP contribution is 2.40. The number of hydrogen-bond acceptors (Lipinski definition) is 11. The average molecular weight is 714 g/mol. The Balaban J connectivity index is 1.32. The number of ether oxygens (including phenoxy) is 3. The van der Waals surface area contributed by atoms with Crippen molar-refractivity contribution in [3.05, 3.63) is 71.6 Å². The molecule has 13 nitrogen and oxygen atoms in total. The van der Waals surface area contributed by atoms with E-state index in [2.05, 4.69) is 30.9 Å². The Labute approximate surface area is 292 Å². The molecule has 3 heterocycles. The van der Waals surface area contributed by atoms with Gasteiger partial charge in [0.05, 0.1) is 24.6 Å². The van der Waals surface area contributed by atoms with Gasteiger partial charge < -0.3 is 34.9 Å². The van der Waals surface area contributed by atoms with E-state index < -0.39 is 41.2 Å². The Morgan fingerprint density at radius 3 is 2.50 bits per heavy atom. The summed E-state index contributed by atoms with van der Waals surface area (Å²) in [6.07, 6.45) is 0.804. The number of aliphatic hydroxyl groups excluding tert-OH is 1. The monoisotopic (exact) mass is 713 g/mol. The van der Waals surface area contributed by atoms with E-state index in [4.69, 9.17) is 14.2 Å². The fourth-order valence-corrected chi connectivity index (χ4v) is 6.52. The van der Waals surface area contributed by atoms with E-state index in [-0.39, 0.29) is 34.1 Å². The first-order valence-electron chi connectivity index (χ1n) is 16.0. The van der Waals surface area contributed by atoms with Crippen molar-refractivity contribution in [3.63, 3.8) is 0 Å². The lowest BCUT2D eigenvalue weighted by Crippen LogP contribution is -2.36. The Bertz CT molecular complexity index is 1770. The normalized spacial score (nSPS) is 15.5. The first-order chi connectivity index (χ1) is 23.8. The number of aromatic nitrogens is 3. The highest BCUT2D eigenvalue weighted by molar-refractivity contribution is 7.19. The molecule has 4 aromatic rings. The van der Waals surface area contributed by atoms with E-state index in [0.717, 1.165) is 41.9 Å². The van der Waals surface area contributed by atoms with E-state index in [1.54, 1.807) is 32.5 Å². The Hall–Kier alpha value is -4.96. The Morgan fingerprint density at radius 2 is 1.82 bits per heavy atom. The summed E-state index contributed by atoms with van der Waals surface area (Å²) in [7, 11) is 3.05. The minimum atomic E-state index is -1.54. The molecule has 2 amide bonds. The van der Waals surface area contributed by atoms with E-state index in [1.165, 1.54) is 13.3 Å². The van der Waals surface area contributed by atoms with Gasteiger partial charge in [-0.25, -0.2) is 23.4 Å². The van der Waals surface area contributed by atoms with Crippen LogP contribution in [0.3, 0.4) is 0 Å². The number of halogens is 2. The molecule has 1 fully saturated rings. The van der Waals surface area contributed by atoms with Crippen LogP contribution in [-0.2, 0) is 23.1 Å². The number of rotatable bonds is 10. The quantitative estimate of drug-likeness (QED) is 0.133. The Kier molecular flexibility index (Phi) is 11.4. The zero-order chi connectivity index (χ0) is 36.0. The number of nitrogens with one attached hydrogen (secondary N) is 3. The lowest BCUT2D eigenvalue weighted by molar-refractivity contribution is 0.0636. The van der Waals surface area contributed by atoms with E-state index in [1.807, 2.05) is 30.3 Å². The van der Waals surface area contributed by atoms with Gasteiger partial charge in [0.1, 0.15) is 51.1 Å². The maximum atomic E-state index is 15.1. The minimum absolute atomic E-state index is 0.0166. The first-order valence-corrected chi connectivity index (χ1v) is 16.9. The van der Waals surface area contributed by atoms with Gasteiger partial charge in [0.15, 0.2) is 6.23 Å². The van der Waals surface area contributed by atoms with Crippen LogP contribution in [0.5, 0.6) is 5.75 Å². The number of hydrogen-bond donors (Lipinski definition) is 4. The largest absolute Gasteiger partial charge is 0.497 e. The van der Waals surface area contributed by atoms with Crippen LogP contribution < -0.4 is 25.6 Å². The minimum Gasteiger partial charge on any atom is -0.497 e. The molecule has 50 heavy (non-hydrogen) atoms. The summed E-state index contributed by atoms with van der Waals surface area (Å²) in [4.78, 5) is 31.7. The van der Waals surface area contributed by atoms with Crippen LogP contribution in [0.4, 0.5) is 34.9 Å². The lowest BCUT2D eigenvalue weighted by Gasteiger charge is -2.25. The van der Waals surface area contributed by atoms with Gasteiger partial charge >= 0.3 is 12.2 Å².